The molecule has 1 amide bonds. The summed E-state index contributed by atoms with van der Waals surface area (Å²) in [5, 5.41) is 27.7. The summed E-state index contributed by atoms with van der Waals surface area (Å²) in [7, 11) is 1.57. The number of aryl methyl sites for hydroxylation is 1. The first-order chi connectivity index (χ1) is 13.5. The lowest BCUT2D eigenvalue weighted by Gasteiger charge is -2.37. The first kappa shape index (κ1) is 17.8. The molecule has 2 aromatic heterocycles. The molecule has 2 aromatic rings. The smallest absolute Gasteiger partial charge is 0.228 e. The van der Waals surface area contributed by atoms with E-state index in [-0.39, 0.29) is 17.9 Å². The lowest BCUT2D eigenvalue weighted by Crippen LogP contribution is -2.51. The third kappa shape index (κ3) is 2.39. The number of amides is 1. The predicted molar refractivity (Wildman–Crippen MR) is 102 cm³/mol. The number of anilines is 1. The number of hydrogen-bond donors (Lipinski definition) is 4. The van der Waals surface area contributed by atoms with Crippen molar-refractivity contribution in [1.82, 2.24) is 24.8 Å². The minimum Gasteiger partial charge on any atom is -0.389 e. The largest absolute Gasteiger partial charge is 0.389 e. The Balaban J connectivity index is 1.49. The van der Waals surface area contributed by atoms with Crippen molar-refractivity contribution in [3.05, 3.63) is 12.2 Å². The van der Waals surface area contributed by atoms with Crippen LogP contribution in [-0.4, -0.2) is 60.9 Å². The number of nitrogens with zero attached hydrogens (tertiary/aromatic N) is 4. The minimum absolute atomic E-state index is 0.0452. The monoisotopic (exact) mass is 386 g/mol. The summed E-state index contributed by atoms with van der Waals surface area (Å²) in [6, 6.07) is 0.0421. The van der Waals surface area contributed by atoms with Crippen molar-refractivity contribution in [2.75, 3.05) is 12.4 Å². The number of imidazole rings is 1. The normalized spacial score (nSPS) is 34.6. The molecule has 0 aliphatic heterocycles. The molecule has 9 heteroatoms. The molecule has 3 aliphatic carbocycles. The van der Waals surface area contributed by atoms with Gasteiger partial charge < -0.3 is 25.4 Å². The maximum Gasteiger partial charge on any atom is 0.228 e. The highest BCUT2D eigenvalue weighted by Gasteiger charge is 2.69. The van der Waals surface area contributed by atoms with E-state index in [1.807, 2.05) is 11.5 Å². The molecule has 5 rings (SSSR count). The van der Waals surface area contributed by atoms with Gasteiger partial charge in [-0.25, -0.2) is 15.0 Å². The molecule has 5 atom stereocenters. The van der Waals surface area contributed by atoms with Gasteiger partial charge in [-0.3, -0.25) is 4.79 Å². The number of carbonyl (C=O) groups is 1. The topological polar surface area (TPSA) is 125 Å². The van der Waals surface area contributed by atoms with Crippen LogP contribution in [0.1, 0.15) is 44.0 Å². The molecule has 28 heavy (non-hydrogen) atoms. The predicted octanol–water partition coefficient (Wildman–Crippen LogP) is 0.518. The van der Waals surface area contributed by atoms with Gasteiger partial charge in [-0.15, -0.1) is 0 Å². The fourth-order valence-corrected chi connectivity index (χ4v) is 4.99. The van der Waals surface area contributed by atoms with Crippen LogP contribution in [0.25, 0.3) is 11.2 Å². The van der Waals surface area contributed by atoms with Crippen LogP contribution in [0.3, 0.4) is 0 Å². The zero-order valence-corrected chi connectivity index (χ0v) is 16.1. The van der Waals surface area contributed by atoms with E-state index in [4.69, 9.17) is 0 Å². The summed E-state index contributed by atoms with van der Waals surface area (Å²) < 4.78 is 1.84. The maximum atomic E-state index is 12.3. The van der Waals surface area contributed by atoms with Crippen LogP contribution in [-0.2, 0) is 4.79 Å². The zero-order chi connectivity index (χ0) is 19.6. The van der Waals surface area contributed by atoms with Crippen LogP contribution in [0.2, 0.25) is 0 Å². The van der Waals surface area contributed by atoms with Crippen LogP contribution >= 0.6 is 0 Å². The first-order valence-corrected chi connectivity index (χ1v) is 10.0. The number of aliphatic hydroxyl groups is 2. The number of nitrogens with one attached hydrogen (secondary N) is 2. The molecule has 0 bridgehead atoms. The summed E-state index contributed by atoms with van der Waals surface area (Å²) in [4.78, 5) is 25.9. The van der Waals surface area contributed by atoms with Crippen molar-refractivity contribution in [2.24, 2.45) is 11.3 Å². The van der Waals surface area contributed by atoms with Gasteiger partial charge in [0.05, 0.1) is 23.9 Å². The molecule has 9 nitrogen and oxygen atoms in total. The molecular weight excluding hydrogens is 360 g/mol. The highest BCUT2D eigenvalue weighted by atomic mass is 16.3. The summed E-state index contributed by atoms with van der Waals surface area (Å²) in [5.74, 6) is 1.21. The number of carbonyl (C=O) groups excluding carboxylic acids is 1. The molecule has 4 N–H and O–H groups in total. The number of aliphatic hydroxyl groups excluding tert-OH is 2. The molecular formula is C19H26N6O3. The van der Waals surface area contributed by atoms with E-state index >= 15 is 0 Å². The van der Waals surface area contributed by atoms with Crippen molar-refractivity contribution < 1.29 is 15.0 Å². The van der Waals surface area contributed by atoms with Gasteiger partial charge in [0.15, 0.2) is 11.5 Å². The average Bonchev–Trinajstić information content (AvgIpc) is 3.25. The van der Waals surface area contributed by atoms with Gasteiger partial charge in [-0.1, -0.05) is 0 Å². The summed E-state index contributed by atoms with van der Waals surface area (Å²) >= 11 is 0. The molecule has 3 aliphatic rings. The minimum atomic E-state index is -1.11. The van der Waals surface area contributed by atoms with E-state index in [2.05, 4.69) is 25.6 Å². The van der Waals surface area contributed by atoms with Gasteiger partial charge in [0.1, 0.15) is 17.4 Å². The van der Waals surface area contributed by atoms with Crippen molar-refractivity contribution in [3.8, 4) is 0 Å². The molecule has 2 unspecified atom stereocenters. The third-order valence-electron chi connectivity index (χ3n) is 6.91. The van der Waals surface area contributed by atoms with E-state index < -0.39 is 17.6 Å². The fraction of sp³-hybridized carbons (Fsp3) is 0.684. The fourth-order valence-electron chi connectivity index (χ4n) is 4.99. The average molecular weight is 386 g/mol. The Morgan fingerprint density at radius 2 is 2.11 bits per heavy atom. The molecule has 3 saturated carbocycles. The van der Waals surface area contributed by atoms with Gasteiger partial charge in [-0.2, -0.15) is 0 Å². The van der Waals surface area contributed by atoms with Crippen molar-refractivity contribution >= 4 is 22.9 Å². The second-order valence-corrected chi connectivity index (χ2v) is 8.47. The van der Waals surface area contributed by atoms with Crippen LogP contribution < -0.4 is 10.6 Å². The number of fused-ring (bicyclic) bond motifs is 2. The molecule has 0 aromatic carbocycles. The van der Waals surface area contributed by atoms with Crippen molar-refractivity contribution in [3.63, 3.8) is 0 Å². The van der Waals surface area contributed by atoms with E-state index in [0.717, 1.165) is 18.7 Å². The van der Waals surface area contributed by atoms with Crippen LogP contribution in [0.4, 0.5) is 5.82 Å². The molecule has 3 fully saturated rings. The molecule has 150 valence electrons. The van der Waals surface area contributed by atoms with E-state index in [1.54, 1.807) is 13.4 Å². The van der Waals surface area contributed by atoms with E-state index in [9.17, 15) is 15.0 Å². The maximum absolute atomic E-state index is 12.3. The van der Waals surface area contributed by atoms with Gasteiger partial charge >= 0.3 is 0 Å². The van der Waals surface area contributed by atoms with Crippen LogP contribution in [0, 0.1) is 18.3 Å². The van der Waals surface area contributed by atoms with Gasteiger partial charge in [-0.05, 0) is 44.9 Å². The third-order valence-corrected chi connectivity index (χ3v) is 6.91. The number of rotatable bonds is 4. The highest BCUT2D eigenvalue weighted by Crippen LogP contribution is 2.63. The van der Waals surface area contributed by atoms with Gasteiger partial charge in [0.25, 0.3) is 0 Å². The quantitative estimate of drug-likeness (QED) is 0.603. The Bertz CT molecular complexity index is 941. The molecule has 0 spiro atoms. The van der Waals surface area contributed by atoms with Crippen molar-refractivity contribution in [2.45, 2.75) is 63.3 Å². The van der Waals surface area contributed by atoms with Crippen LogP contribution in [0.5, 0.6) is 0 Å². The van der Waals surface area contributed by atoms with Crippen LogP contribution in [0.15, 0.2) is 6.33 Å². The first-order valence-electron chi connectivity index (χ1n) is 10.0. The molecule has 0 radical (unpaired) electrons. The summed E-state index contributed by atoms with van der Waals surface area (Å²) in [6.07, 6.45) is 4.17. The second kappa shape index (κ2) is 6.12. The standard InChI is InChI=1S/C19H26N6O3/c1-9-22-16(24-11-4-3-5-11)13-17(23-9)25(8-21-13)12-6-10-7-19(10,18(28)20-2)15(27)14(12)26/h8,10-12,14-15,26-27H,3-7H2,1-2H3,(H,20,28)(H,22,23,24)/t10?,12-,14+,15+,19?/m1/s1. The lowest BCUT2D eigenvalue weighted by molar-refractivity contribution is -0.141. The molecule has 0 saturated heterocycles. The zero-order valence-electron chi connectivity index (χ0n) is 16.1. The lowest BCUT2D eigenvalue weighted by atomic mass is 9.80. The van der Waals surface area contributed by atoms with Gasteiger partial charge in [0, 0.05) is 13.1 Å². The Morgan fingerprint density at radius 3 is 2.79 bits per heavy atom. The van der Waals surface area contributed by atoms with Crippen molar-refractivity contribution in [1.29, 1.82) is 0 Å². The second-order valence-electron chi connectivity index (χ2n) is 8.47. The Hall–Kier alpha value is -2.26. The number of aromatic nitrogens is 4. The SMILES string of the molecule is CNC(=O)C12CC1C[C@@H](n1cnc3c(NC4CCC4)nc(C)nc31)[C@H](O)[C@@H]2O. The Labute approximate surface area is 162 Å². The summed E-state index contributed by atoms with van der Waals surface area (Å²) in [6.45, 7) is 1.84. The summed E-state index contributed by atoms with van der Waals surface area (Å²) in [5.41, 5.74) is 0.472. The highest BCUT2D eigenvalue weighted by molar-refractivity contribution is 5.87. The van der Waals surface area contributed by atoms with Gasteiger partial charge in [0.2, 0.25) is 5.91 Å². The molecule has 2 heterocycles. The van der Waals surface area contributed by atoms with E-state index in [1.165, 1.54) is 6.42 Å². The Morgan fingerprint density at radius 1 is 1.32 bits per heavy atom. The Kier molecular flexibility index (Phi) is 3.89. The van der Waals surface area contributed by atoms with E-state index in [0.29, 0.717) is 35.9 Å². The number of hydrogen-bond acceptors (Lipinski definition) is 7.